The zero-order chi connectivity index (χ0) is 18.4. The minimum absolute atomic E-state index is 0.0350. The average molecular weight is 367 g/mol. The highest BCUT2D eigenvalue weighted by atomic mass is 32.2. The molecule has 1 atom stereocenters. The summed E-state index contributed by atoms with van der Waals surface area (Å²) in [5.41, 5.74) is -0.632. The van der Waals surface area contributed by atoms with E-state index < -0.39 is 33.8 Å². The minimum Gasteiger partial charge on any atom is -0.466 e. The molecule has 0 saturated carbocycles. The lowest BCUT2D eigenvalue weighted by atomic mass is 10.1. The van der Waals surface area contributed by atoms with Gasteiger partial charge < -0.3 is 4.74 Å². The zero-order valence-corrected chi connectivity index (χ0v) is 14.2. The third-order valence-electron chi connectivity index (χ3n) is 3.17. The van der Waals surface area contributed by atoms with Gasteiger partial charge in [-0.3, -0.25) is 4.79 Å². The second-order valence-electron chi connectivity index (χ2n) is 5.19. The zero-order valence-electron chi connectivity index (χ0n) is 13.4. The molecule has 1 aromatic rings. The maximum absolute atomic E-state index is 12.7. The van der Waals surface area contributed by atoms with Gasteiger partial charge in [0.1, 0.15) is 0 Å². The molecule has 1 aromatic carbocycles. The van der Waals surface area contributed by atoms with Gasteiger partial charge in [0.15, 0.2) is 0 Å². The lowest BCUT2D eigenvalue weighted by molar-refractivity contribution is -0.143. The molecule has 0 radical (unpaired) electrons. The lowest BCUT2D eigenvalue weighted by Crippen LogP contribution is -2.29. The van der Waals surface area contributed by atoms with Gasteiger partial charge in [-0.05, 0) is 38.0 Å². The van der Waals surface area contributed by atoms with Crippen molar-refractivity contribution < 1.29 is 31.1 Å². The largest absolute Gasteiger partial charge is 0.466 e. The Kier molecular flexibility index (Phi) is 7.22. The average Bonchev–Trinajstić information content (AvgIpc) is 2.46. The van der Waals surface area contributed by atoms with Crippen LogP contribution in [0, 0.1) is 0 Å². The van der Waals surface area contributed by atoms with Crippen LogP contribution >= 0.6 is 0 Å². The van der Waals surface area contributed by atoms with Gasteiger partial charge >= 0.3 is 12.1 Å². The van der Waals surface area contributed by atoms with Crippen LogP contribution in [0.2, 0.25) is 0 Å². The number of benzene rings is 1. The number of rotatable bonds is 8. The van der Waals surface area contributed by atoms with Gasteiger partial charge in [0.2, 0.25) is 10.0 Å². The first-order valence-electron chi connectivity index (χ1n) is 7.38. The summed E-state index contributed by atoms with van der Waals surface area (Å²) in [6, 6.07) is 3.65. The van der Waals surface area contributed by atoms with Crippen LogP contribution in [-0.4, -0.2) is 26.7 Å². The number of hydrogen-bond acceptors (Lipinski definition) is 4. The molecule has 1 N–H and O–H groups in total. The third kappa shape index (κ3) is 6.88. The van der Waals surface area contributed by atoms with E-state index in [-0.39, 0.29) is 30.8 Å². The number of halogens is 3. The minimum atomic E-state index is -4.49. The molecule has 0 aliphatic heterocycles. The molecule has 24 heavy (non-hydrogen) atoms. The predicted octanol–water partition coefficient (Wildman–Crippen LogP) is 3.03. The number of hydrogen-bond donors (Lipinski definition) is 1. The maximum atomic E-state index is 12.7. The molecule has 0 aliphatic rings. The van der Waals surface area contributed by atoms with Crippen LogP contribution < -0.4 is 4.72 Å². The number of nitrogens with one attached hydrogen (secondary N) is 1. The van der Waals surface area contributed by atoms with E-state index in [2.05, 4.69) is 4.72 Å². The van der Waals surface area contributed by atoms with Crippen molar-refractivity contribution in [3.8, 4) is 0 Å². The van der Waals surface area contributed by atoms with Crippen molar-refractivity contribution in [1.29, 1.82) is 0 Å². The van der Waals surface area contributed by atoms with Gasteiger partial charge in [-0.15, -0.1) is 0 Å². The first-order valence-corrected chi connectivity index (χ1v) is 9.03. The van der Waals surface area contributed by atoms with Crippen molar-refractivity contribution >= 4 is 16.0 Å². The van der Waals surface area contributed by atoms with Crippen LogP contribution in [0.3, 0.4) is 0 Å². The van der Waals surface area contributed by atoms with Crippen LogP contribution in [0.15, 0.2) is 24.3 Å². The van der Waals surface area contributed by atoms with Gasteiger partial charge in [-0.1, -0.05) is 12.1 Å². The molecule has 5 nitrogen and oxygen atoms in total. The summed E-state index contributed by atoms with van der Waals surface area (Å²) in [6.45, 7) is 3.32. The van der Waals surface area contributed by atoms with Crippen LogP contribution in [0.1, 0.15) is 43.9 Å². The highest BCUT2D eigenvalue weighted by Crippen LogP contribution is 2.30. The van der Waals surface area contributed by atoms with E-state index in [1.54, 1.807) is 6.92 Å². The van der Waals surface area contributed by atoms with Gasteiger partial charge in [0, 0.05) is 12.5 Å². The van der Waals surface area contributed by atoms with Crippen molar-refractivity contribution in [3.63, 3.8) is 0 Å². The monoisotopic (exact) mass is 367 g/mol. The third-order valence-corrected chi connectivity index (χ3v) is 4.71. The molecule has 0 saturated heterocycles. The van der Waals surface area contributed by atoms with Gasteiger partial charge in [0.05, 0.1) is 17.9 Å². The highest BCUT2D eigenvalue weighted by molar-refractivity contribution is 7.89. The van der Waals surface area contributed by atoms with Crippen LogP contribution in [0.25, 0.3) is 0 Å². The molecule has 1 unspecified atom stereocenters. The molecule has 0 heterocycles. The number of carbonyl (C=O) groups is 1. The molecular formula is C15H20F3NO4S. The highest BCUT2D eigenvalue weighted by Gasteiger charge is 2.31. The number of carbonyl (C=O) groups excluding carboxylic acids is 1. The summed E-state index contributed by atoms with van der Waals surface area (Å²) in [5, 5.41) is 0. The normalized spacial score (nSPS) is 13.5. The molecule has 0 fully saturated rings. The Balaban J connectivity index is 2.66. The van der Waals surface area contributed by atoms with E-state index in [1.807, 2.05) is 0 Å². The topological polar surface area (TPSA) is 72.5 Å². The standard InChI is InChI=1S/C15H20F3NO4S/c1-3-23-14(20)8-5-9-24(21,22)19-11(2)12-6-4-7-13(10-12)15(16,17)18/h4,6-7,10-11,19H,3,5,8-9H2,1-2H3. The summed E-state index contributed by atoms with van der Waals surface area (Å²) < 4.78 is 69.0. The summed E-state index contributed by atoms with van der Waals surface area (Å²) in [5.74, 6) is -0.798. The van der Waals surface area contributed by atoms with Crippen molar-refractivity contribution in [2.24, 2.45) is 0 Å². The van der Waals surface area contributed by atoms with Gasteiger partial charge in [-0.25, -0.2) is 13.1 Å². The Labute approximate surface area is 139 Å². The first-order chi connectivity index (χ1) is 11.0. The molecule has 0 bridgehead atoms. The molecule has 9 heteroatoms. The Morgan fingerprint density at radius 3 is 2.58 bits per heavy atom. The van der Waals surface area contributed by atoms with Crippen LogP contribution in [-0.2, 0) is 25.7 Å². The van der Waals surface area contributed by atoms with Crippen molar-refractivity contribution in [2.75, 3.05) is 12.4 Å². The number of sulfonamides is 1. The van der Waals surface area contributed by atoms with Crippen LogP contribution in [0.5, 0.6) is 0 Å². The molecule has 136 valence electrons. The summed E-state index contributed by atoms with van der Waals surface area (Å²) in [4.78, 5) is 11.2. The van der Waals surface area contributed by atoms with Gasteiger partial charge in [-0.2, -0.15) is 13.2 Å². The lowest BCUT2D eigenvalue weighted by Gasteiger charge is -2.16. The molecule has 1 rings (SSSR count). The van der Waals surface area contributed by atoms with E-state index in [0.717, 1.165) is 12.1 Å². The molecule has 0 aromatic heterocycles. The number of alkyl halides is 3. The Hall–Kier alpha value is -1.61. The van der Waals surface area contributed by atoms with E-state index in [4.69, 9.17) is 4.74 Å². The summed E-state index contributed by atoms with van der Waals surface area (Å²) in [7, 11) is -3.73. The Morgan fingerprint density at radius 2 is 2.00 bits per heavy atom. The van der Waals surface area contributed by atoms with Crippen molar-refractivity contribution in [2.45, 2.75) is 38.9 Å². The second-order valence-corrected chi connectivity index (χ2v) is 7.06. The van der Waals surface area contributed by atoms with Crippen molar-refractivity contribution in [3.05, 3.63) is 35.4 Å². The fourth-order valence-electron chi connectivity index (χ4n) is 2.02. The second kappa shape index (κ2) is 8.48. The molecule has 0 aliphatic carbocycles. The summed E-state index contributed by atoms with van der Waals surface area (Å²) >= 11 is 0. The molecule has 0 amide bonds. The quantitative estimate of drug-likeness (QED) is 0.717. The summed E-state index contributed by atoms with van der Waals surface area (Å²) in [6.07, 6.45) is -4.45. The van der Waals surface area contributed by atoms with Crippen LogP contribution in [0.4, 0.5) is 13.2 Å². The van der Waals surface area contributed by atoms with E-state index in [1.165, 1.54) is 19.1 Å². The van der Waals surface area contributed by atoms with E-state index in [0.29, 0.717) is 0 Å². The van der Waals surface area contributed by atoms with E-state index in [9.17, 15) is 26.4 Å². The van der Waals surface area contributed by atoms with Gasteiger partial charge in [0.25, 0.3) is 0 Å². The molecule has 0 spiro atoms. The SMILES string of the molecule is CCOC(=O)CCCS(=O)(=O)NC(C)c1cccc(C(F)(F)F)c1. The van der Waals surface area contributed by atoms with E-state index >= 15 is 0 Å². The Morgan fingerprint density at radius 1 is 1.33 bits per heavy atom. The first kappa shape index (κ1) is 20.4. The molecular weight excluding hydrogens is 347 g/mol. The fourth-order valence-corrected chi connectivity index (χ4v) is 3.34. The predicted molar refractivity (Wildman–Crippen MR) is 82.6 cm³/mol. The number of ether oxygens (including phenoxy) is 1. The maximum Gasteiger partial charge on any atom is 0.416 e. The van der Waals surface area contributed by atoms with Crippen molar-refractivity contribution in [1.82, 2.24) is 4.72 Å². The smallest absolute Gasteiger partial charge is 0.416 e. The fraction of sp³-hybridized carbons (Fsp3) is 0.533. The Bertz CT molecular complexity index is 659. The number of esters is 1.